The molecule has 2 heterocycles. The average molecular weight is 462 g/mol. The van der Waals surface area contributed by atoms with Crippen molar-refractivity contribution in [3.63, 3.8) is 0 Å². The van der Waals surface area contributed by atoms with E-state index in [0.717, 1.165) is 32.6 Å². The van der Waals surface area contributed by atoms with E-state index in [1.807, 2.05) is 48.5 Å². The van der Waals surface area contributed by atoms with Crippen LogP contribution in [0.25, 0.3) is 21.5 Å². The number of urea groups is 1. The third-order valence-electron chi connectivity index (χ3n) is 5.51. The van der Waals surface area contributed by atoms with Crippen molar-refractivity contribution in [2.75, 3.05) is 13.2 Å². The maximum Gasteiger partial charge on any atom is 0.325 e. The molecule has 0 aliphatic carbocycles. The number of benzene rings is 2. The summed E-state index contributed by atoms with van der Waals surface area (Å²) >= 11 is 1.68. The Hall–Kier alpha value is -3.58. The summed E-state index contributed by atoms with van der Waals surface area (Å²) in [6.07, 6.45) is 0. The Morgan fingerprint density at radius 2 is 1.76 bits per heavy atom. The lowest BCUT2D eigenvalue weighted by molar-refractivity contribution is -0.141. The van der Waals surface area contributed by atoms with Gasteiger partial charge in [-0.05, 0) is 30.0 Å². The van der Waals surface area contributed by atoms with E-state index in [0.29, 0.717) is 13.1 Å². The van der Waals surface area contributed by atoms with Crippen LogP contribution >= 0.6 is 11.3 Å². The molecule has 1 N–H and O–H groups in total. The molecule has 0 spiro atoms. The number of nitrogens with one attached hydrogen (secondary N) is 1. The predicted molar refractivity (Wildman–Crippen MR) is 132 cm³/mol. The zero-order valence-electron chi connectivity index (χ0n) is 18.8. The van der Waals surface area contributed by atoms with Gasteiger partial charge in [-0.15, -0.1) is 11.3 Å². The lowest BCUT2D eigenvalue weighted by Gasteiger charge is -2.24. The van der Waals surface area contributed by atoms with Crippen LogP contribution in [0.4, 0.5) is 4.79 Å². The summed E-state index contributed by atoms with van der Waals surface area (Å²) in [6.45, 7) is 2.68. The topological polar surface area (TPSA) is 63.6 Å². The summed E-state index contributed by atoms with van der Waals surface area (Å²) in [7, 11) is 2.06. The molecular weight excluding hydrogens is 434 g/mol. The molecule has 6 nitrogen and oxygen atoms in total. The molecule has 0 bridgehead atoms. The molecule has 33 heavy (non-hydrogen) atoms. The Balaban J connectivity index is 1.70. The first-order valence-corrected chi connectivity index (χ1v) is 11.8. The number of amides is 2. The van der Waals surface area contributed by atoms with Crippen LogP contribution in [0.5, 0.6) is 0 Å². The van der Waals surface area contributed by atoms with E-state index in [1.165, 1.54) is 0 Å². The number of carbonyl (C=O) groups is 2. The Bertz CT molecular complexity index is 1230. The fourth-order valence-electron chi connectivity index (χ4n) is 4.02. The molecule has 0 aliphatic heterocycles. The lowest BCUT2D eigenvalue weighted by atomic mass is 10.1. The molecule has 0 saturated heterocycles. The van der Waals surface area contributed by atoms with Crippen LogP contribution in [-0.2, 0) is 29.7 Å². The molecule has 2 aromatic carbocycles. The summed E-state index contributed by atoms with van der Waals surface area (Å²) in [5.41, 5.74) is 4.31. The Labute approximate surface area is 197 Å². The van der Waals surface area contributed by atoms with E-state index in [1.54, 1.807) is 23.2 Å². The van der Waals surface area contributed by atoms with Gasteiger partial charge >= 0.3 is 12.0 Å². The van der Waals surface area contributed by atoms with Crippen LogP contribution < -0.4 is 5.32 Å². The van der Waals surface area contributed by atoms with Crippen LogP contribution in [0.15, 0.2) is 72.1 Å². The normalized spacial score (nSPS) is 10.8. The van der Waals surface area contributed by atoms with Crippen molar-refractivity contribution in [1.82, 2.24) is 14.8 Å². The molecule has 4 aromatic rings. The van der Waals surface area contributed by atoms with Crippen LogP contribution in [0, 0.1) is 0 Å². The number of fused-ring (bicyclic) bond motifs is 1. The second kappa shape index (κ2) is 10.4. The molecule has 0 unspecified atom stereocenters. The van der Waals surface area contributed by atoms with Crippen LogP contribution in [0.2, 0.25) is 0 Å². The van der Waals surface area contributed by atoms with Gasteiger partial charge in [0.1, 0.15) is 6.54 Å². The number of nitrogens with zero attached hydrogens (tertiary/aromatic N) is 2. The third kappa shape index (κ3) is 5.09. The zero-order chi connectivity index (χ0) is 23.2. The van der Waals surface area contributed by atoms with Crippen LogP contribution in [-0.4, -0.2) is 34.6 Å². The van der Waals surface area contributed by atoms with E-state index in [2.05, 4.69) is 40.5 Å². The van der Waals surface area contributed by atoms with Crippen molar-refractivity contribution < 1.29 is 14.3 Å². The summed E-state index contributed by atoms with van der Waals surface area (Å²) in [5.74, 6) is -0.449. The molecular formula is C26H27N3O3S. The number of hydrogen-bond donors (Lipinski definition) is 1. The van der Waals surface area contributed by atoms with Crippen molar-refractivity contribution in [3.8, 4) is 10.6 Å². The van der Waals surface area contributed by atoms with E-state index in [9.17, 15) is 9.59 Å². The molecule has 4 rings (SSSR count). The highest BCUT2D eigenvalue weighted by molar-refractivity contribution is 7.13. The fraction of sp³-hybridized carbons (Fsp3) is 0.231. The van der Waals surface area contributed by atoms with E-state index >= 15 is 0 Å². The predicted octanol–water partition coefficient (Wildman–Crippen LogP) is 5.18. The molecule has 2 amide bonds. The number of hydrogen-bond acceptors (Lipinski definition) is 4. The maximum atomic E-state index is 13.2. The number of esters is 1. The van der Waals surface area contributed by atoms with Gasteiger partial charge < -0.3 is 19.5 Å². The van der Waals surface area contributed by atoms with Gasteiger partial charge in [0.15, 0.2) is 0 Å². The Morgan fingerprint density at radius 3 is 2.48 bits per heavy atom. The van der Waals surface area contributed by atoms with Gasteiger partial charge in [-0.1, -0.05) is 54.6 Å². The standard InChI is InChI=1S/C26H27N3O3S/c1-3-32-24(30)16-27-26(31)29(17-19-10-5-4-6-11-19)18-21-20-12-7-8-13-22(20)28(2)25(21)23-14-9-15-33-23/h4-15H,3,16-18H2,1-2H3,(H,27,31). The molecule has 0 atom stereocenters. The van der Waals surface area contributed by atoms with Crippen LogP contribution in [0.1, 0.15) is 18.1 Å². The van der Waals surface area contributed by atoms with Crippen molar-refractivity contribution in [3.05, 3.63) is 83.2 Å². The number of rotatable bonds is 8. The highest BCUT2D eigenvalue weighted by Crippen LogP contribution is 2.36. The summed E-state index contributed by atoms with van der Waals surface area (Å²) in [5, 5.41) is 5.90. The minimum atomic E-state index is -0.449. The molecule has 7 heteroatoms. The minimum absolute atomic E-state index is 0.161. The van der Waals surface area contributed by atoms with Crippen molar-refractivity contribution in [2.45, 2.75) is 20.0 Å². The van der Waals surface area contributed by atoms with Crippen LogP contribution in [0.3, 0.4) is 0 Å². The number of thiophene rings is 1. The molecule has 0 aliphatic rings. The van der Waals surface area contributed by atoms with E-state index in [4.69, 9.17) is 4.74 Å². The highest BCUT2D eigenvalue weighted by Gasteiger charge is 2.23. The second-order valence-corrected chi connectivity index (χ2v) is 8.63. The van der Waals surface area contributed by atoms with Gasteiger partial charge in [-0.2, -0.15) is 0 Å². The molecule has 0 saturated carbocycles. The monoisotopic (exact) mass is 461 g/mol. The van der Waals surface area contributed by atoms with Crippen molar-refractivity contribution in [2.24, 2.45) is 7.05 Å². The fourth-order valence-corrected chi connectivity index (χ4v) is 4.86. The molecule has 0 radical (unpaired) electrons. The van der Waals surface area contributed by atoms with Gasteiger partial charge in [-0.25, -0.2) is 4.79 Å². The summed E-state index contributed by atoms with van der Waals surface area (Å²) in [6, 6.07) is 21.9. The molecule has 2 aromatic heterocycles. The number of aryl methyl sites for hydroxylation is 1. The number of para-hydroxylation sites is 1. The van der Waals surface area contributed by atoms with Gasteiger partial charge in [-0.3, -0.25) is 4.79 Å². The maximum absolute atomic E-state index is 13.2. The van der Waals surface area contributed by atoms with Crippen molar-refractivity contribution in [1.29, 1.82) is 0 Å². The number of aromatic nitrogens is 1. The van der Waals surface area contributed by atoms with E-state index < -0.39 is 5.97 Å². The average Bonchev–Trinajstić information content (AvgIpc) is 3.45. The van der Waals surface area contributed by atoms with Crippen molar-refractivity contribution >= 4 is 34.2 Å². The SMILES string of the molecule is CCOC(=O)CNC(=O)N(Cc1ccccc1)Cc1c(-c2cccs2)n(C)c2ccccc12. The first-order valence-electron chi connectivity index (χ1n) is 10.9. The van der Waals surface area contributed by atoms with Gasteiger partial charge in [0.2, 0.25) is 0 Å². The van der Waals surface area contributed by atoms with Gasteiger partial charge in [0.05, 0.1) is 23.7 Å². The second-order valence-electron chi connectivity index (χ2n) is 7.69. The lowest BCUT2D eigenvalue weighted by Crippen LogP contribution is -2.41. The number of carbonyl (C=O) groups excluding carboxylic acids is 2. The first-order chi connectivity index (χ1) is 16.1. The number of ether oxygens (including phenoxy) is 1. The zero-order valence-corrected chi connectivity index (χ0v) is 19.6. The smallest absolute Gasteiger partial charge is 0.325 e. The third-order valence-corrected chi connectivity index (χ3v) is 6.38. The first kappa shape index (κ1) is 22.6. The quantitative estimate of drug-likeness (QED) is 0.368. The molecule has 0 fully saturated rings. The largest absolute Gasteiger partial charge is 0.465 e. The van der Waals surface area contributed by atoms with E-state index in [-0.39, 0.29) is 19.2 Å². The van der Waals surface area contributed by atoms with Gasteiger partial charge in [0.25, 0.3) is 0 Å². The minimum Gasteiger partial charge on any atom is -0.465 e. The highest BCUT2D eigenvalue weighted by atomic mass is 32.1. The Morgan fingerprint density at radius 1 is 1.00 bits per heavy atom. The Kier molecular flexibility index (Phi) is 7.10. The summed E-state index contributed by atoms with van der Waals surface area (Å²) < 4.78 is 7.15. The molecule has 170 valence electrons. The van der Waals surface area contributed by atoms with Gasteiger partial charge in [0, 0.05) is 30.1 Å². The summed E-state index contributed by atoms with van der Waals surface area (Å²) in [4.78, 5) is 27.9.